The number of sulfone groups is 1. The van der Waals surface area contributed by atoms with E-state index in [1.165, 1.54) is 0 Å². The van der Waals surface area contributed by atoms with E-state index in [0.717, 1.165) is 11.3 Å². The minimum atomic E-state index is -3.12. The van der Waals surface area contributed by atoms with Gasteiger partial charge in [0.05, 0.1) is 18.6 Å². The zero-order chi connectivity index (χ0) is 15.0. The molecule has 0 radical (unpaired) electrons. The Labute approximate surface area is 121 Å². The number of hydrogen-bond donors (Lipinski definition) is 1. The number of methoxy groups -OCH3 is 2. The van der Waals surface area contributed by atoms with E-state index in [0.29, 0.717) is 13.0 Å². The monoisotopic (exact) mass is 301 g/mol. The second-order valence-corrected chi connectivity index (χ2v) is 6.81. The highest BCUT2D eigenvalue weighted by Crippen LogP contribution is 2.20. The number of nitrogens with one attached hydrogen (secondary N) is 1. The molecule has 0 bridgehead atoms. The Hall–Kier alpha value is -1.11. The summed E-state index contributed by atoms with van der Waals surface area (Å²) in [4.78, 5) is 0. The van der Waals surface area contributed by atoms with Crippen LogP contribution in [0.5, 0.6) is 5.75 Å². The van der Waals surface area contributed by atoms with E-state index >= 15 is 0 Å². The standard InChI is InChI=1S/C14H23NO4S/c1-15-14(11-20(16,17)9-5-8-18-2)12-6-4-7-13(10-12)19-3/h4,6-7,10,14-15H,5,8-9,11H2,1-3H3. The van der Waals surface area contributed by atoms with Crippen molar-refractivity contribution in [2.75, 3.05) is 39.4 Å². The molecule has 1 atom stereocenters. The van der Waals surface area contributed by atoms with Gasteiger partial charge in [-0.25, -0.2) is 8.42 Å². The number of rotatable bonds is 9. The second-order valence-electron chi connectivity index (χ2n) is 4.58. The Morgan fingerprint density at radius 1 is 1.30 bits per heavy atom. The van der Waals surface area contributed by atoms with Gasteiger partial charge in [0.1, 0.15) is 5.75 Å². The van der Waals surface area contributed by atoms with Gasteiger partial charge in [0.25, 0.3) is 0 Å². The van der Waals surface area contributed by atoms with Crippen molar-refractivity contribution in [3.8, 4) is 5.75 Å². The van der Waals surface area contributed by atoms with Gasteiger partial charge in [-0.1, -0.05) is 12.1 Å². The number of ether oxygens (including phenoxy) is 2. The first-order valence-electron chi connectivity index (χ1n) is 6.53. The maximum atomic E-state index is 12.1. The highest BCUT2D eigenvalue weighted by Gasteiger charge is 2.19. The smallest absolute Gasteiger partial charge is 0.152 e. The predicted octanol–water partition coefficient (Wildman–Crippen LogP) is 1.41. The lowest BCUT2D eigenvalue weighted by Crippen LogP contribution is -2.27. The van der Waals surface area contributed by atoms with Crippen LogP contribution in [0.2, 0.25) is 0 Å². The molecule has 0 saturated heterocycles. The fourth-order valence-electron chi connectivity index (χ4n) is 1.96. The molecule has 1 aromatic carbocycles. The van der Waals surface area contributed by atoms with Crippen LogP contribution in [0.25, 0.3) is 0 Å². The van der Waals surface area contributed by atoms with E-state index in [4.69, 9.17) is 9.47 Å². The van der Waals surface area contributed by atoms with Crippen molar-refractivity contribution in [3.63, 3.8) is 0 Å². The quantitative estimate of drug-likeness (QED) is 0.699. The third kappa shape index (κ3) is 5.48. The average molecular weight is 301 g/mol. The summed E-state index contributed by atoms with van der Waals surface area (Å²) in [6, 6.07) is 7.21. The summed E-state index contributed by atoms with van der Waals surface area (Å²) in [6.07, 6.45) is 0.521. The van der Waals surface area contributed by atoms with Gasteiger partial charge in [-0.05, 0) is 31.2 Å². The van der Waals surface area contributed by atoms with Crippen LogP contribution >= 0.6 is 0 Å². The highest BCUT2D eigenvalue weighted by molar-refractivity contribution is 7.91. The molecule has 1 aromatic rings. The Morgan fingerprint density at radius 2 is 2.05 bits per heavy atom. The molecule has 0 amide bonds. The van der Waals surface area contributed by atoms with Crippen LogP contribution in [0.15, 0.2) is 24.3 Å². The summed E-state index contributed by atoms with van der Waals surface area (Å²) in [5.41, 5.74) is 0.905. The summed E-state index contributed by atoms with van der Waals surface area (Å²) in [5.74, 6) is 0.933. The molecule has 0 spiro atoms. The number of benzene rings is 1. The minimum absolute atomic E-state index is 0.0698. The largest absolute Gasteiger partial charge is 0.497 e. The van der Waals surface area contributed by atoms with Crippen molar-refractivity contribution in [2.24, 2.45) is 0 Å². The normalized spacial score (nSPS) is 13.2. The lowest BCUT2D eigenvalue weighted by molar-refractivity contribution is 0.199. The fourth-order valence-corrected chi connectivity index (χ4v) is 3.56. The molecule has 1 N–H and O–H groups in total. The number of hydrogen-bond acceptors (Lipinski definition) is 5. The molecule has 0 aromatic heterocycles. The van der Waals surface area contributed by atoms with E-state index in [9.17, 15) is 8.42 Å². The van der Waals surface area contributed by atoms with Crippen molar-refractivity contribution >= 4 is 9.84 Å². The third-order valence-corrected chi connectivity index (χ3v) is 4.82. The molecule has 5 nitrogen and oxygen atoms in total. The van der Waals surface area contributed by atoms with E-state index < -0.39 is 9.84 Å². The Bertz CT molecular complexity index is 502. The van der Waals surface area contributed by atoms with Crippen LogP contribution in [0, 0.1) is 0 Å². The maximum Gasteiger partial charge on any atom is 0.152 e. The topological polar surface area (TPSA) is 64.6 Å². The van der Waals surface area contributed by atoms with E-state index in [2.05, 4.69) is 5.32 Å². The van der Waals surface area contributed by atoms with Gasteiger partial charge in [-0.3, -0.25) is 0 Å². The highest BCUT2D eigenvalue weighted by atomic mass is 32.2. The first kappa shape index (κ1) is 16.9. The molecule has 0 fully saturated rings. The van der Waals surface area contributed by atoms with Crippen molar-refractivity contribution in [1.82, 2.24) is 5.32 Å². The van der Waals surface area contributed by atoms with Gasteiger partial charge in [-0.15, -0.1) is 0 Å². The van der Waals surface area contributed by atoms with Gasteiger partial charge in [0.15, 0.2) is 9.84 Å². The van der Waals surface area contributed by atoms with Gasteiger partial charge in [0.2, 0.25) is 0 Å². The first-order chi connectivity index (χ1) is 9.52. The van der Waals surface area contributed by atoms with E-state index in [-0.39, 0.29) is 17.5 Å². The molecular weight excluding hydrogens is 278 g/mol. The van der Waals surface area contributed by atoms with Crippen LogP contribution in [0.1, 0.15) is 18.0 Å². The van der Waals surface area contributed by atoms with Crippen LogP contribution in [-0.4, -0.2) is 47.8 Å². The molecule has 0 aliphatic rings. The lowest BCUT2D eigenvalue weighted by atomic mass is 10.1. The van der Waals surface area contributed by atoms with Crippen LogP contribution in [0.4, 0.5) is 0 Å². The van der Waals surface area contributed by atoms with Crippen molar-refractivity contribution in [3.05, 3.63) is 29.8 Å². The average Bonchev–Trinajstić information content (AvgIpc) is 2.45. The van der Waals surface area contributed by atoms with Gasteiger partial charge in [-0.2, -0.15) is 0 Å². The SMILES string of the molecule is CNC(CS(=O)(=O)CCCOC)c1cccc(OC)c1. The summed E-state index contributed by atoms with van der Waals surface area (Å²) in [6.45, 7) is 0.461. The zero-order valence-corrected chi connectivity index (χ0v) is 13.1. The zero-order valence-electron chi connectivity index (χ0n) is 12.3. The molecule has 0 aliphatic carbocycles. The molecule has 6 heteroatoms. The minimum Gasteiger partial charge on any atom is -0.497 e. The summed E-state index contributed by atoms with van der Waals surface area (Å²) in [7, 11) is 1.80. The summed E-state index contributed by atoms with van der Waals surface area (Å²) >= 11 is 0. The van der Waals surface area contributed by atoms with Gasteiger partial charge >= 0.3 is 0 Å². The van der Waals surface area contributed by atoms with Gasteiger partial charge in [0, 0.05) is 19.8 Å². The van der Waals surface area contributed by atoms with Crippen LogP contribution in [-0.2, 0) is 14.6 Å². The molecule has 0 aliphatic heterocycles. The molecule has 0 heterocycles. The Balaban J connectivity index is 2.75. The Kier molecular flexibility index (Phi) is 6.98. The predicted molar refractivity (Wildman–Crippen MR) is 79.9 cm³/mol. The van der Waals surface area contributed by atoms with Crippen LogP contribution in [0.3, 0.4) is 0 Å². The fraction of sp³-hybridized carbons (Fsp3) is 0.571. The summed E-state index contributed by atoms with van der Waals surface area (Å²) in [5, 5.41) is 3.05. The summed E-state index contributed by atoms with van der Waals surface area (Å²) < 4.78 is 34.2. The molecule has 114 valence electrons. The van der Waals surface area contributed by atoms with Crippen molar-refractivity contribution in [2.45, 2.75) is 12.5 Å². The second kappa shape index (κ2) is 8.24. The van der Waals surface area contributed by atoms with Crippen molar-refractivity contribution < 1.29 is 17.9 Å². The van der Waals surface area contributed by atoms with Crippen molar-refractivity contribution in [1.29, 1.82) is 0 Å². The third-order valence-electron chi connectivity index (χ3n) is 3.07. The maximum absolute atomic E-state index is 12.1. The molecular formula is C14H23NO4S. The molecule has 1 unspecified atom stereocenters. The lowest BCUT2D eigenvalue weighted by Gasteiger charge is -2.17. The molecule has 20 heavy (non-hydrogen) atoms. The van der Waals surface area contributed by atoms with E-state index in [1.807, 2.05) is 24.3 Å². The van der Waals surface area contributed by atoms with E-state index in [1.54, 1.807) is 21.3 Å². The van der Waals surface area contributed by atoms with Gasteiger partial charge < -0.3 is 14.8 Å². The first-order valence-corrected chi connectivity index (χ1v) is 8.35. The van der Waals surface area contributed by atoms with Crippen LogP contribution < -0.4 is 10.1 Å². The molecule has 0 saturated carbocycles. The molecule has 1 rings (SSSR count). The Morgan fingerprint density at radius 3 is 2.65 bits per heavy atom.